The number of anilines is 1. The van der Waals surface area contributed by atoms with E-state index in [9.17, 15) is 19.2 Å². The first-order valence-electron chi connectivity index (χ1n) is 12.2. The fraction of sp³-hybridized carbons (Fsp3) is 0.370. The summed E-state index contributed by atoms with van der Waals surface area (Å²) in [5, 5.41) is 5.03. The molecular formula is C27H34N6O5. The maximum Gasteiger partial charge on any atom is 0.407 e. The average Bonchev–Trinajstić information content (AvgIpc) is 3.26. The molecule has 0 fully saturated rings. The molecule has 0 spiro atoms. The number of alkyl carbamates (subject to hydrolysis) is 1. The Hall–Kier alpha value is -4.41. The van der Waals surface area contributed by atoms with E-state index < -0.39 is 29.5 Å². The highest BCUT2D eigenvalue weighted by Gasteiger charge is 2.22. The van der Waals surface area contributed by atoms with Crippen LogP contribution in [-0.4, -0.2) is 45.6 Å². The Balaban J connectivity index is 1.79. The molecule has 0 saturated carbocycles. The number of imidazole rings is 1. The van der Waals surface area contributed by atoms with Crippen molar-refractivity contribution in [3.8, 4) is 0 Å². The number of amides is 3. The van der Waals surface area contributed by atoms with Crippen LogP contribution in [0.2, 0.25) is 0 Å². The summed E-state index contributed by atoms with van der Waals surface area (Å²) in [6.45, 7) is 6.68. The second kappa shape index (κ2) is 12.2. The molecule has 2 heterocycles. The van der Waals surface area contributed by atoms with Crippen LogP contribution in [0.1, 0.15) is 45.0 Å². The average molecular weight is 523 g/mol. The lowest BCUT2D eigenvalue weighted by molar-refractivity contribution is -0.118. The number of rotatable bonds is 10. The number of aromatic amines is 1. The number of aromatic nitrogens is 3. The number of para-hydroxylation sites is 1. The van der Waals surface area contributed by atoms with Crippen LogP contribution in [0.3, 0.4) is 0 Å². The molecule has 3 rings (SSSR count). The van der Waals surface area contributed by atoms with E-state index in [1.165, 1.54) is 29.9 Å². The molecule has 1 atom stereocenters. The summed E-state index contributed by atoms with van der Waals surface area (Å²) in [5.41, 5.74) is 7.67. The van der Waals surface area contributed by atoms with Crippen LogP contribution in [0.5, 0.6) is 0 Å². The second-order valence-electron chi connectivity index (χ2n) is 10.1. The molecule has 11 nitrogen and oxygen atoms in total. The number of pyridine rings is 1. The van der Waals surface area contributed by atoms with E-state index in [1.807, 2.05) is 12.1 Å². The molecule has 202 valence electrons. The third-order valence-corrected chi connectivity index (χ3v) is 5.66. The molecule has 0 saturated heterocycles. The van der Waals surface area contributed by atoms with Crippen molar-refractivity contribution >= 4 is 34.6 Å². The largest absolute Gasteiger partial charge is 0.453 e. The van der Waals surface area contributed by atoms with Gasteiger partial charge >= 0.3 is 6.09 Å². The maximum atomic E-state index is 13.1. The minimum absolute atomic E-state index is 0.0476. The van der Waals surface area contributed by atoms with Crippen molar-refractivity contribution in [2.24, 2.45) is 11.1 Å². The van der Waals surface area contributed by atoms with Gasteiger partial charge in [0.1, 0.15) is 17.6 Å². The lowest BCUT2D eigenvalue weighted by atomic mass is 9.88. The van der Waals surface area contributed by atoms with E-state index in [1.54, 1.807) is 12.3 Å². The van der Waals surface area contributed by atoms with E-state index >= 15 is 0 Å². The van der Waals surface area contributed by atoms with E-state index in [4.69, 9.17) is 10.7 Å². The number of methoxy groups -OCH3 is 1. The van der Waals surface area contributed by atoms with Gasteiger partial charge in [-0.15, -0.1) is 0 Å². The lowest BCUT2D eigenvalue weighted by Crippen LogP contribution is -2.44. The number of nitrogens with two attached hydrogens (primary N) is 1. The summed E-state index contributed by atoms with van der Waals surface area (Å²) in [5.74, 6) is -0.613. The molecule has 0 radical (unpaired) electrons. The number of H-pyrrole nitrogens is 1. The molecule has 2 aromatic heterocycles. The predicted octanol–water partition coefficient (Wildman–Crippen LogP) is 2.85. The Morgan fingerprint density at radius 3 is 2.66 bits per heavy atom. The molecule has 3 aromatic rings. The van der Waals surface area contributed by atoms with Gasteiger partial charge in [-0.3, -0.25) is 14.4 Å². The normalized spacial score (nSPS) is 12.4. The number of nitrogens with one attached hydrogen (secondary N) is 3. The van der Waals surface area contributed by atoms with Gasteiger partial charge < -0.3 is 30.7 Å². The van der Waals surface area contributed by atoms with Gasteiger partial charge in [-0.25, -0.2) is 9.78 Å². The zero-order valence-corrected chi connectivity index (χ0v) is 22.0. The fourth-order valence-electron chi connectivity index (χ4n) is 4.00. The minimum Gasteiger partial charge on any atom is -0.453 e. The number of hydrogen-bond donors (Lipinski definition) is 4. The molecule has 0 aliphatic carbocycles. The monoisotopic (exact) mass is 522 g/mol. The smallest absolute Gasteiger partial charge is 0.407 e. The van der Waals surface area contributed by atoms with Gasteiger partial charge in [-0.05, 0) is 54.5 Å². The number of allylic oxidation sites excluding steroid dienone is 1. The molecule has 5 N–H and O–H groups in total. The number of carbonyl (C=O) groups excluding carboxylic acids is 3. The molecule has 11 heteroatoms. The first-order valence-corrected chi connectivity index (χ1v) is 12.2. The molecule has 0 aliphatic heterocycles. The van der Waals surface area contributed by atoms with Gasteiger partial charge in [0.05, 0.1) is 24.7 Å². The first kappa shape index (κ1) is 28.2. The number of ether oxygens (including phenoxy) is 1. The zero-order valence-electron chi connectivity index (χ0n) is 22.0. The molecule has 3 amide bonds. The van der Waals surface area contributed by atoms with Crippen molar-refractivity contribution < 1.29 is 19.1 Å². The number of nitrogens with zero attached hydrogens (tertiary/aromatic N) is 2. The minimum atomic E-state index is -1.01. The van der Waals surface area contributed by atoms with Gasteiger partial charge in [0.2, 0.25) is 11.8 Å². The van der Waals surface area contributed by atoms with E-state index in [0.29, 0.717) is 5.82 Å². The quantitative estimate of drug-likeness (QED) is 0.299. The Bertz CT molecular complexity index is 1400. The Morgan fingerprint density at radius 1 is 1.21 bits per heavy atom. The van der Waals surface area contributed by atoms with Crippen LogP contribution < -0.4 is 21.9 Å². The van der Waals surface area contributed by atoms with E-state index in [0.717, 1.165) is 23.0 Å². The molecule has 0 aliphatic rings. The first-order chi connectivity index (χ1) is 18.0. The maximum absolute atomic E-state index is 13.1. The van der Waals surface area contributed by atoms with Crippen LogP contribution in [0.25, 0.3) is 11.0 Å². The van der Waals surface area contributed by atoms with Crippen LogP contribution in [0.15, 0.2) is 53.5 Å². The highest BCUT2D eigenvalue weighted by Crippen LogP contribution is 2.25. The highest BCUT2D eigenvalue weighted by atomic mass is 16.5. The SMILES string of the molecule is COC(=O)NC(CC/C=C/C(N)=O)C(=O)Nc1cccn(Cc2nc3c(CC(C)(C)C)cccc3[nH]2)c1=O. The number of carbonyl (C=O) groups is 3. The summed E-state index contributed by atoms with van der Waals surface area (Å²) in [6, 6.07) is 8.11. The molecule has 1 unspecified atom stereocenters. The third-order valence-electron chi connectivity index (χ3n) is 5.66. The summed E-state index contributed by atoms with van der Waals surface area (Å²) in [6.07, 6.45) is 4.78. The molecular weight excluding hydrogens is 488 g/mol. The lowest BCUT2D eigenvalue weighted by Gasteiger charge is -2.18. The van der Waals surface area contributed by atoms with E-state index in [2.05, 4.69) is 47.2 Å². The Morgan fingerprint density at radius 2 is 1.97 bits per heavy atom. The summed E-state index contributed by atoms with van der Waals surface area (Å²) in [4.78, 5) is 56.7. The molecule has 38 heavy (non-hydrogen) atoms. The topological polar surface area (TPSA) is 161 Å². The standard InChI is InChI=1S/C27H34N6O5/c1-27(2,3)15-17-9-7-11-18-23(17)32-22(29-18)16-33-14-8-12-20(25(33)36)30-24(35)19(31-26(37)38-4)10-5-6-13-21(28)34/h6-9,11-14,19H,5,10,15-16H2,1-4H3,(H2,28,34)(H,29,32)(H,30,35)(H,31,37)/b13-6+. The van der Waals surface area contributed by atoms with E-state index in [-0.39, 0.29) is 30.5 Å². The van der Waals surface area contributed by atoms with Crippen molar-refractivity contribution in [1.82, 2.24) is 19.9 Å². The van der Waals surface area contributed by atoms with Crippen molar-refractivity contribution in [3.05, 3.63) is 70.4 Å². The van der Waals surface area contributed by atoms with Gasteiger partial charge in [-0.2, -0.15) is 0 Å². The van der Waals surface area contributed by atoms with Gasteiger partial charge in [0, 0.05) is 6.20 Å². The van der Waals surface area contributed by atoms with Crippen molar-refractivity contribution in [2.75, 3.05) is 12.4 Å². The third kappa shape index (κ3) is 7.79. The molecule has 0 bridgehead atoms. The molecule has 1 aromatic carbocycles. The van der Waals surface area contributed by atoms with Crippen LogP contribution in [0, 0.1) is 5.41 Å². The van der Waals surface area contributed by atoms with Gasteiger partial charge in [-0.1, -0.05) is 39.0 Å². The second-order valence-corrected chi connectivity index (χ2v) is 10.1. The number of benzene rings is 1. The number of fused-ring (bicyclic) bond motifs is 1. The van der Waals surface area contributed by atoms with Gasteiger partial charge in [0.15, 0.2) is 0 Å². The number of hydrogen-bond acceptors (Lipinski definition) is 6. The van der Waals surface area contributed by atoms with Crippen LogP contribution >= 0.6 is 0 Å². The highest BCUT2D eigenvalue weighted by molar-refractivity contribution is 5.96. The van der Waals surface area contributed by atoms with Crippen molar-refractivity contribution in [1.29, 1.82) is 0 Å². The van der Waals surface area contributed by atoms with Crippen molar-refractivity contribution in [3.63, 3.8) is 0 Å². The Kier molecular flexibility index (Phi) is 9.06. The summed E-state index contributed by atoms with van der Waals surface area (Å²) < 4.78 is 6.04. The summed E-state index contributed by atoms with van der Waals surface area (Å²) in [7, 11) is 1.18. The van der Waals surface area contributed by atoms with Crippen LogP contribution in [0.4, 0.5) is 10.5 Å². The zero-order chi connectivity index (χ0) is 27.9. The van der Waals surface area contributed by atoms with Gasteiger partial charge in [0.25, 0.3) is 5.56 Å². The van der Waals surface area contributed by atoms with Crippen LogP contribution in [-0.2, 0) is 27.3 Å². The predicted molar refractivity (Wildman–Crippen MR) is 145 cm³/mol. The number of primary amides is 1. The Labute approximate surface area is 220 Å². The summed E-state index contributed by atoms with van der Waals surface area (Å²) >= 11 is 0. The fourth-order valence-corrected chi connectivity index (χ4v) is 4.00. The van der Waals surface area contributed by atoms with Crippen molar-refractivity contribution in [2.45, 2.75) is 52.6 Å².